The number of hydrogen-bond donors (Lipinski definition) is 0. The summed E-state index contributed by atoms with van der Waals surface area (Å²) in [5.41, 5.74) is 1.67. The molecule has 0 bridgehead atoms. The first-order valence-corrected chi connectivity index (χ1v) is 7.59. The Morgan fingerprint density at radius 3 is 2.43 bits per heavy atom. The molecule has 0 amide bonds. The molecule has 0 aromatic heterocycles. The molecular formula is C18H17ClO4. The van der Waals surface area contributed by atoms with E-state index in [-0.39, 0.29) is 19.0 Å². The summed E-state index contributed by atoms with van der Waals surface area (Å²) in [5, 5.41) is 0.560. The third-order valence-corrected chi connectivity index (χ3v) is 3.45. The van der Waals surface area contributed by atoms with Gasteiger partial charge in [-0.25, -0.2) is 4.79 Å². The first-order valence-electron chi connectivity index (χ1n) is 7.21. The molecule has 0 unspecified atom stereocenters. The smallest absolute Gasteiger partial charge is 0.344 e. The van der Waals surface area contributed by atoms with Crippen molar-refractivity contribution in [2.75, 3.05) is 13.2 Å². The molecule has 0 aliphatic carbocycles. The predicted octanol–water partition coefficient (Wildman–Crippen LogP) is 3.82. The van der Waals surface area contributed by atoms with Gasteiger partial charge in [0.2, 0.25) is 0 Å². The highest BCUT2D eigenvalue weighted by Crippen LogP contribution is 2.26. The van der Waals surface area contributed by atoms with Crippen LogP contribution < -0.4 is 4.74 Å². The highest BCUT2D eigenvalue weighted by Gasteiger charge is 2.17. The van der Waals surface area contributed by atoms with Crippen LogP contribution in [0.3, 0.4) is 0 Å². The lowest BCUT2D eigenvalue weighted by atomic mass is 10.0. The summed E-state index contributed by atoms with van der Waals surface area (Å²) in [5.74, 6) is -0.273. The molecule has 5 heteroatoms. The maximum absolute atomic E-state index is 12.7. The fourth-order valence-corrected chi connectivity index (χ4v) is 2.24. The Morgan fingerprint density at radius 1 is 1.09 bits per heavy atom. The van der Waals surface area contributed by atoms with Gasteiger partial charge in [0, 0.05) is 10.6 Å². The normalized spacial score (nSPS) is 10.2. The van der Waals surface area contributed by atoms with Crippen molar-refractivity contribution < 1.29 is 19.1 Å². The molecule has 2 rings (SSSR count). The van der Waals surface area contributed by atoms with Crippen molar-refractivity contribution in [1.29, 1.82) is 0 Å². The van der Waals surface area contributed by atoms with Crippen LogP contribution in [0, 0.1) is 6.92 Å². The molecule has 0 fully saturated rings. The fraction of sp³-hybridized carbons (Fsp3) is 0.222. The maximum Gasteiger partial charge on any atom is 0.344 e. The largest absolute Gasteiger partial charge is 0.481 e. The van der Waals surface area contributed by atoms with E-state index >= 15 is 0 Å². The fourth-order valence-electron chi connectivity index (χ4n) is 2.11. The number of rotatable bonds is 6. The molecule has 0 radical (unpaired) electrons. The average Bonchev–Trinajstić information content (AvgIpc) is 2.54. The van der Waals surface area contributed by atoms with Gasteiger partial charge in [0.25, 0.3) is 0 Å². The molecule has 0 spiro atoms. The Morgan fingerprint density at radius 2 is 1.78 bits per heavy atom. The lowest BCUT2D eigenvalue weighted by Crippen LogP contribution is -2.16. The van der Waals surface area contributed by atoms with Crippen LogP contribution in [0.2, 0.25) is 5.02 Å². The van der Waals surface area contributed by atoms with Crippen molar-refractivity contribution in [3.05, 3.63) is 64.2 Å². The van der Waals surface area contributed by atoms with Gasteiger partial charge in [-0.15, -0.1) is 0 Å². The number of ketones is 1. The molecule has 0 N–H and O–H groups in total. The Balaban J connectivity index is 2.28. The van der Waals surface area contributed by atoms with E-state index in [0.29, 0.717) is 21.9 Å². The number of ether oxygens (including phenoxy) is 2. The number of benzene rings is 2. The summed E-state index contributed by atoms with van der Waals surface area (Å²) in [6.45, 7) is 3.59. The zero-order valence-electron chi connectivity index (χ0n) is 13.0. The standard InChI is InChI=1S/C18H17ClO4/c1-3-22-16(20)11-23-18-12(2)5-4-6-15(18)17(21)13-7-9-14(19)10-8-13/h4-10H,3,11H2,1-2H3. The Bertz CT molecular complexity index is 707. The number of hydrogen-bond acceptors (Lipinski definition) is 4. The van der Waals surface area contributed by atoms with Crippen LogP contribution in [0.25, 0.3) is 0 Å². The van der Waals surface area contributed by atoms with Gasteiger partial charge in [-0.2, -0.15) is 0 Å². The van der Waals surface area contributed by atoms with E-state index in [1.165, 1.54) is 0 Å². The Labute approximate surface area is 140 Å². The molecule has 0 heterocycles. The summed E-state index contributed by atoms with van der Waals surface area (Å²) in [6, 6.07) is 11.9. The molecule has 2 aromatic rings. The summed E-state index contributed by atoms with van der Waals surface area (Å²) < 4.78 is 10.4. The first-order chi connectivity index (χ1) is 11.0. The van der Waals surface area contributed by atoms with Gasteiger partial charge >= 0.3 is 5.97 Å². The SMILES string of the molecule is CCOC(=O)COc1c(C)cccc1C(=O)c1ccc(Cl)cc1. The third-order valence-electron chi connectivity index (χ3n) is 3.20. The lowest BCUT2D eigenvalue weighted by Gasteiger charge is -2.13. The van der Waals surface area contributed by atoms with Crippen LogP contribution in [0.1, 0.15) is 28.4 Å². The quantitative estimate of drug-likeness (QED) is 0.596. The molecule has 0 aliphatic heterocycles. The molecular weight excluding hydrogens is 316 g/mol. The number of carbonyl (C=O) groups excluding carboxylic acids is 2. The molecule has 23 heavy (non-hydrogen) atoms. The van der Waals surface area contributed by atoms with Gasteiger partial charge in [0.1, 0.15) is 5.75 Å². The molecule has 0 aliphatic rings. The first kappa shape index (κ1) is 17.0. The van der Waals surface area contributed by atoms with Crippen molar-refractivity contribution in [3.8, 4) is 5.75 Å². The van der Waals surface area contributed by atoms with Crippen molar-refractivity contribution in [1.82, 2.24) is 0 Å². The Kier molecular flexibility index (Phi) is 5.77. The average molecular weight is 333 g/mol. The molecule has 0 saturated heterocycles. The van der Waals surface area contributed by atoms with E-state index in [9.17, 15) is 9.59 Å². The number of carbonyl (C=O) groups is 2. The van der Waals surface area contributed by atoms with E-state index < -0.39 is 5.97 Å². The van der Waals surface area contributed by atoms with E-state index in [1.807, 2.05) is 13.0 Å². The monoisotopic (exact) mass is 332 g/mol. The zero-order chi connectivity index (χ0) is 16.8. The Hall–Kier alpha value is -2.33. The van der Waals surface area contributed by atoms with Crippen molar-refractivity contribution in [2.45, 2.75) is 13.8 Å². The molecule has 0 atom stereocenters. The second-order valence-electron chi connectivity index (χ2n) is 4.88. The van der Waals surface area contributed by atoms with Gasteiger partial charge < -0.3 is 9.47 Å². The van der Waals surface area contributed by atoms with E-state index in [1.54, 1.807) is 43.3 Å². The number of esters is 1. The van der Waals surface area contributed by atoms with Crippen LogP contribution in [-0.2, 0) is 9.53 Å². The summed E-state index contributed by atoms with van der Waals surface area (Å²) in [4.78, 5) is 24.1. The van der Waals surface area contributed by atoms with Gasteiger partial charge in [0.05, 0.1) is 12.2 Å². The van der Waals surface area contributed by atoms with Gasteiger partial charge in [0.15, 0.2) is 12.4 Å². The highest BCUT2D eigenvalue weighted by molar-refractivity contribution is 6.30. The lowest BCUT2D eigenvalue weighted by molar-refractivity contribution is -0.145. The number of aryl methyl sites for hydroxylation is 1. The zero-order valence-corrected chi connectivity index (χ0v) is 13.7. The van der Waals surface area contributed by atoms with E-state index in [0.717, 1.165) is 5.56 Å². The third kappa shape index (κ3) is 4.33. The molecule has 4 nitrogen and oxygen atoms in total. The highest BCUT2D eigenvalue weighted by atomic mass is 35.5. The van der Waals surface area contributed by atoms with E-state index in [4.69, 9.17) is 21.1 Å². The minimum Gasteiger partial charge on any atom is -0.481 e. The van der Waals surface area contributed by atoms with Crippen molar-refractivity contribution in [2.24, 2.45) is 0 Å². The summed E-state index contributed by atoms with van der Waals surface area (Å²) >= 11 is 5.85. The molecule has 2 aromatic carbocycles. The van der Waals surface area contributed by atoms with Gasteiger partial charge in [-0.05, 0) is 49.7 Å². The van der Waals surface area contributed by atoms with Crippen LogP contribution in [-0.4, -0.2) is 25.0 Å². The molecule has 120 valence electrons. The summed E-state index contributed by atoms with van der Waals surface area (Å²) in [7, 11) is 0. The van der Waals surface area contributed by atoms with E-state index in [2.05, 4.69) is 0 Å². The van der Waals surface area contributed by atoms with Crippen molar-refractivity contribution in [3.63, 3.8) is 0 Å². The minimum absolute atomic E-state index is 0.191. The topological polar surface area (TPSA) is 52.6 Å². The second kappa shape index (κ2) is 7.79. The second-order valence-corrected chi connectivity index (χ2v) is 5.32. The van der Waals surface area contributed by atoms with Crippen LogP contribution in [0.5, 0.6) is 5.75 Å². The molecule has 0 saturated carbocycles. The maximum atomic E-state index is 12.7. The van der Waals surface area contributed by atoms with Crippen LogP contribution in [0.15, 0.2) is 42.5 Å². The predicted molar refractivity (Wildman–Crippen MR) is 88.2 cm³/mol. The number of para-hydroxylation sites is 1. The van der Waals surface area contributed by atoms with Crippen molar-refractivity contribution >= 4 is 23.4 Å². The van der Waals surface area contributed by atoms with Gasteiger partial charge in [-0.1, -0.05) is 23.7 Å². The van der Waals surface area contributed by atoms with Crippen LogP contribution in [0.4, 0.5) is 0 Å². The minimum atomic E-state index is -0.472. The van der Waals surface area contributed by atoms with Crippen LogP contribution >= 0.6 is 11.6 Å². The number of halogens is 1. The van der Waals surface area contributed by atoms with Gasteiger partial charge in [-0.3, -0.25) is 4.79 Å². The summed E-state index contributed by atoms with van der Waals surface area (Å²) in [6.07, 6.45) is 0.